The number of nitrogens with zero attached hydrogens (tertiary/aromatic N) is 1. The molecule has 2 rings (SSSR count). The third kappa shape index (κ3) is 2.60. The minimum Gasteiger partial charge on any atom is -0.409 e. The van der Waals surface area contributed by atoms with Gasteiger partial charge in [-0.2, -0.15) is 0 Å². The minimum atomic E-state index is 0.103. The molecule has 4 heteroatoms. The van der Waals surface area contributed by atoms with Gasteiger partial charge in [0.25, 0.3) is 0 Å². The molecule has 0 amide bonds. The average molecular weight is 241 g/mol. The summed E-state index contributed by atoms with van der Waals surface area (Å²) in [5, 5.41) is 15.0. The molecule has 0 aromatic heterocycles. The first-order chi connectivity index (χ1) is 8.70. The highest BCUT2D eigenvalue weighted by atomic mass is 16.4. The molecule has 0 aliphatic heterocycles. The van der Waals surface area contributed by atoms with E-state index in [-0.39, 0.29) is 5.84 Å². The van der Waals surface area contributed by atoms with Gasteiger partial charge in [-0.25, -0.2) is 0 Å². The quantitative estimate of drug-likeness (QED) is 0.335. The van der Waals surface area contributed by atoms with Crippen molar-refractivity contribution in [3.05, 3.63) is 59.7 Å². The first-order valence-corrected chi connectivity index (χ1v) is 5.61. The van der Waals surface area contributed by atoms with Crippen LogP contribution in [-0.4, -0.2) is 11.0 Å². The SMILES string of the molecule is Cc1ccc(C(N)=NO)cc1Nc1ccccc1. The van der Waals surface area contributed by atoms with Gasteiger partial charge >= 0.3 is 0 Å². The Hall–Kier alpha value is -2.49. The Bertz CT molecular complexity index is 565. The summed E-state index contributed by atoms with van der Waals surface area (Å²) in [6, 6.07) is 15.5. The van der Waals surface area contributed by atoms with Crippen LogP contribution in [0.3, 0.4) is 0 Å². The van der Waals surface area contributed by atoms with Gasteiger partial charge in [0, 0.05) is 16.9 Å². The van der Waals surface area contributed by atoms with Crippen LogP contribution in [0, 0.1) is 6.92 Å². The highest BCUT2D eigenvalue weighted by Gasteiger charge is 2.04. The highest BCUT2D eigenvalue weighted by Crippen LogP contribution is 2.21. The van der Waals surface area contributed by atoms with Crippen LogP contribution < -0.4 is 11.1 Å². The van der Waals surface area contributed by atoms with E-state index in [0.29, 0.717) is 5.56 Å². The van der Waals surface area contributed by atoms with Crippen molar-refractivity contribution in [2.45, 2.75) is 6.92 Å². The van der Waals surface area contributed by atoms with Crippen LogP contribution >= 0.6 is 0 Å². The molecule has 0 atom stereocenters. The summed E-state index contributed by atoms with van der Waals surface area (Å²) in [7, 11) is 0. The van der Waals surface area contributed by atoms with Crippen LogP contribution in [0.5, 0.6) is 0 Å². The fourth-order valence-electron chi connectivity index (χ4n) is 1.65. The second kappa shape index (κ2) is 5.23. The Kier molecular flexibility index (Phi) is 3.48. The zero-order chi connectivity index (χ0) is 13.0. The van der Waals surface area contributed by atoms with Crippen LogP contribution in [0.25, 0.3) is 0 Å². The Labute approximate surface area is 106 Å². The molecular weight excluding hydrogens is 226 g/mol. The minimum absolute atomic E-state index is 0.103. The molecule has 0 fully saturated rings. The number of para-hydroxylation sites is 1. The Morgan fingerprint density at radius 3 is 2.56 bits per heavy atom. The molecule has 0 bridgehead atoms. The van der Waals surface area contributed by atoms with Crippen molar-refractivity contribution in [2.24, 2.45) is 10.9 Å². The fourth-order valence-corrected chi connectivity index (χ4v) is 1.65. The number of hydrogen-bond donors (Lipinski definition) is 3. The van der Waals surface area contributed by atoms with Crippen LogP contribution in [0.15, 0.2) is 53.7 Å². The molecule has 92 valence electrons. The van der Waals surface area contributed by atoms with Crippen molar-refractivity contribution in [3.63, 3.8) is 0 Å². The molecule has 0 unspecified atom stereocenters. The topological polar surface area (TPSA) is 70.6 Å². The molecule has 2 aromatic carbocycles. The second-order valence-electron chi connectivity index (χ2n) is 4.01. The molecule has 0 radical (unpaired) electrons. The normalized spacial score (nSPS) is 11.3. The van der Waals surface area contributed by atoms with Crippen molar-refractivity contribution in [3.8, 4) is 0 Å². The summed E-state index contributed by atoms with van der Waals surface area (Å²) in [6.45, 7) is 2.00. The summed E-state index contributed by atoms with van der Waals surface area (Å²) in [6.07, 6.45) is 0. The van der Waals surface area contributed by atoms with E-state index in [1.165, 1.54) is 0 Å². The highest BCUT2D eigenvalue weighted by molar-refractivity contribution is 5.98. The van der Waals surface area contributed by atoms with E-state index in [1.54, 1.807) is 0 Å². The largest absolute Gasteiger partial charge is 0.409 e. The lowest BCUT2D eigenvalue weighted by atomic mass is 10.1. The predicted octanol–water partition coefficient (Wildman–Crippen LogP) is 2.83. The molecule has 0 aliphatic carbocycles. The third-order valence-corrected chi connectivity index (χ3v) is 2.69. The van der Waals surface area contributed by atoms with Crippen LogP contribution in [0.4, 0.5) is 11.4 Å². The van der Waals surface area contributed by atoms with Gasteiger partial charge in [0.1, 0.15) is 0 Å². The Morgan fingerprint density at radius 2 is 1.89 bits per heavy atom. The zero-order valence-corrected chi connectivity index (χ0v) is 10.1. The van der Waals surface area contributed by atoms with E-state index in [4.69, 9.17) is 10.9 Å². The summed E-state index contributed by atoms with van der Waals surface area (Å²) >= 11 is 0. The summed E-state index contributed by atoms with van der Waals surface area (Å²) in [5.41, 5.74) is 9.28. The van der Waals surface area contributed by atoms with Crippen molar-refractivity contribution < 1.29 is 5.21 Å². The van der Waals surface area contributed by atoms with Gasteiger partial charge in [-0.15, -0.1) is 0 Å². The number of rotatable bonds is 3. The van der Waals surface area contributed by atoms with E-state index in [9.17, 15) is 0 Å². The van der Waals surface area contributed by atoms with E-state index in [2.05, 4.69) is 10.5 Å². The number of nitrogens with one attached hydrogen (secondary N) is 1. The molecule has 2 aromatic rings. The van der Waals surface area contributed by atoms with E-state index < -0.39 is 0 Å². The van der Waals surface area contributed by atoms with Gasteiger partial charge in [-0.1, -0.05) is 35.5 Å². The number of nitrogens with two attached hydrogens (primary N) is 1. The summed E-state index contributed by atoms with van der Waals surface area (Å²) in [4.78, 5) is 0. The van der Waals surface area contributed by atoms with Crippen LogP contribution in [-0.2, 0) is 0 Å². The summed E-state index contributed by atoms with van der Waals surface area (Å²) in [5.74, 6) is 0.103. The van der Waals surface area contributed by atoms with Gasteiger partial charge in [-0.3, -0.25) is 0 Å². The number of aryl methyl sites for hydroxylation is 1. The lowest BCUT2D eigenvalue weighted by molar-refractivity contribution is 0.318. The fraction of sp³-hybridized carbons (Fsp3) is 0.0714. The average Bonchev–Trinajstić information content (AvgIpc) is 2.41. The Balaban J connectivity index is 2.33. The molecule has 0 aliphatic rings. The number of oxime groups is 1. The van der Waals surface area contributed by atoms with E-state index in [0.717, 1.165) is 16.9 Å². The predicted molar refractivity (Wildman–Crippen MR) is 73.4 cm³/mol. The summed E-state index contributed by atoms with van der Waals surface area (Å²) < 4.78 is 0. The number of benzene rings is 2. The molecule has 4 N–H and O–H groups in total. The first kappa shape index (κ1) is 12.0. The number of hydrogen-bond acceptors (Lipinski definition) is 3. The second-order valence-corrected chi connectivity index (χ2v) is 4.01. The monoisotopic (exact) mass is 241 g/mol. The smallest absolute Gasteiger partial charge is 0.170 e. The van der Waals surface area contributed by atoms with Gasteiger partial charge in [0.15, 0.2) is 5.84 Å². The van der Waals surface area contributed by atoms with Crippen molar-refractivity contribution in [1.29, 1.82) is 0 Å². The van der Waals surface area contributed by atoms with Crippen LogP contribution in [0.1, 0.15) is 11.1 Å². The third-order valence-electron chi connectivity index (χ3n) is 2.69. The lowest BCUT2D eigenvalue weighted by Crippen LogP contribution is -2.13. The number of anilines is 2. The lowest BCUT2D eigenvalue weighted by Gasteiger charge is -2.11. The van der Waals surface area contributed by atoms with Gasteiger partial charge < -0.3 is 16.3 Å². The maximum atomic E-state index is 8.68. The van der Waals surface area contributed by atoms with Crippen molar-refractivity contribution in [1.82, 2.24) is 0 Å². The molecular formula is C14H15N3O. The van der Waals surface area contributed by atoms with E-state index >= 15 is 0 Å². The van der Waals surface area contributed by atoms with Gasteiger partial charge in [0.2, 0.25) is 0 Å². The zero-order valence-electron chi connectivity index (χ0n) is 10.1. The molecule has 0 saturated carbocycles. The maximum absolute atomic E-state index is 8.68. The standard InChI is InChI=1S/C14H15N3O/c1-10-7-8-11(14(15)17-18)9-13(10)16-12-5-3-2-4-6-12/h2-9,16,18H,1H3,(H2,15,17). The Morgan fingerprint density at radius 1 is 1.17 bits per heavy atom. The maximum Gasteiger partial charge on any atom is 0.170 e. The first-order valence-electron chi connectivity index (χ1n) is 5.61. The van der Waals surface area contributed by atoms with Crippen molar-refractivity contribution >= 4 is 17.2 Å². The van der Waals surface area contributed by atoms with Crippen LogP contribution in [0.2, 0.25) is 0 Å². The van der Waals surface area contributed by atoms with Crippen molar-refractivity contribution in [2.75, 3.05) is 5.32 Å². The number of amidine groups is 1. The van der Waals surface area contributed by atoms with Gasteiger partial charge in [-0.05, 0) is 30.7 Å². The molecule has 0 spiro atoms. The molecule has 0 heterocycles. The molecule has 0 saturated heterocycles. The van der Waals surface area contributed by atoms with E-state index in [1.807, 2.05) is 55.5 Å². The van der Waals surface area contributed by atoms with Gasteiger partial charge in [0.05, 0.1) is 0 Å². The molecule has 4 nitrogen and oxygen atoms in total. The molecule has 18 heavy (non-hydrogen) atoms.